The van der Waals surface area contributed by atoms with Crippen LogP contribution < -0.4 is 15.5 Å². The molecule has 5 rings (SSSR count). The highest BCUT2D eigenvalue weighted by Crippen LogP contribution is 2.46. The van der Waals surface area contributed by atoms with Crippen LogP contribution in [0.4, 0.5) is 11.4 Å². The van der Waals surface area contributed by atoms with E-state index in [-0.39, 0.29) is 11.8 Å². The van der Waals surface area contributed by atoms with Crippen molar-refractivity contribution in [1.82, 2.24) is 14.9 Å². The summed E-state index contributed by atoms with van der Waals surface area (Å²) in [6.07, 6.45) is 6.37. The zero-order valence-electron chi connectivity index (χ0n) is 21.1. The average Bonchev–Trinajstić information content (AvgIpc) is 3.52. The van der Waals surface area contributed by atoms with Crippen molar-refractivity contribution < 1.29 is 9.59 Å². The molecule has 0 aliphatic carbocycles. The topological polar surface area (TPSA) is 79.3 Å². The van der Waals surface area contributed by atoms with Gasteiger partial charge in [-0.15, -0.1) is 0 Å². The van der Waals surface area contributed by atoms with Crippen LogP contribution in [0, 0.1) is 0 Å². The maximum absolute atomic E-state index is 13.9. The molecule has 1 aliphatic heterocycles. The Labute approximate surface area is 241 Å². The van der Waals surface area contributed by atoms with Crippen LogP contribution in [0.15, 0.2) is 79.4 Å². The van der Waals surface area contributed by atoms with Crippen LogP contribution in [0.2, 0.25) is 15.1 Å². The Hall–Kier alpha value is -3.52. The van der Waals surface area contributed by atoms with Crippen molar-refractivity contribution in [3.63, 3.8) is 0 Å². The second-order valence-electron chi connectivity index (χ2n) is 9.44. The molecule has 0 radical (unpaired) electrons. The standard InChI is InChI=1S/C29H26Cl3N5O2/c1-36(26-16-22(32)6-8-23(26)27(38)34-10-3-12-37-13-11-33-18-37)29(17-19-4-2-5-20(30)14-19)24-9-7-21(31)15-25(24)35-28(29)39/h2,4-9,11,13-16,18H,3,10,12,17H2,1H3,(H,34,38)(H,35,39). The van der Waals surface area contributed by atoms with Crippen LogP contribution >= 0.6 is 34.8 Å². The molecule has 2 heterocycles. The molecule has 39 heavy (non-hydrogen) atoms. The first-order chi connectivity index (χ1) is 18.8. The number of aromatic nitrogens is 2. The number of anilines is 2. The molecule has 0 saturated heterocycles. The molecule has 3 aromatic carbocycles. The summed E-state index contributed by atoms with van der Waals surface area (Å²) >= 11 is 19.0. The van der Waals surface area contributed by atoms with Gasteiger partial charge in [0.25, 0.3) is 11.8 Å². The van der Waals surface area contributed by atoms with Gasteiger partial charge in [-0.25, -0.2) is 4.98 Å². The summed E-state index contributed by atoms with van der Waals surface area (Å²) in [6, 6.07) is 17.8. The van der Waals surface area contributed by atoms with E-state index in [1.54, 1.807) is 56.0 Å². The molecule has 1 unspecified atom stereocenters. The molecule has 0 fully saturated rings. The van der Waals surface area contributed by atoms with Gasteiger partial charge >= 0.3 is 0 Å². The highest BCUT2D eigenvalue weighted by Gasteiger charge is 2.51. The van der Waals surface area contributed by atoms with Crippen LogP contribution in [0.25, 0.3) is 0 Å². The van der Waals surface area contributed by atoms with E-state index < -0.39 is 5.54 Å². The molecule has 10 heteroatoms. The summed E-state index contributed by atoms with van der Waals surface area (Å²) in [4.78, 5) is 33.2. The number of rotatable bonds is 9. The molecule has 0 bridgehead atoms. The van der Waals surface area contributed by atoms with Gasteiger partial charge in [0.15, 0.2) is 5.54 Å². The fraction of sp³-hybridized carbons (Fsp3) is 0.207. The fourth-order valence-corrected chi connectivity index (χ4v) is 5.61. The number of halogens is 3. The third-order valence-electron chi connectivity index (χ3n) is 6.98. The lowest BCUT2D eigenvalue weighted by molar-refractivity contribution is -0.120. The molecule has 0 saturated carbocycles. The van der Waals surface area contributed by atoms with Gasteiger partial charge in [-0.1, -0.05) is 53.0 Å². The van der Waals surface area contributed by atoms with Crippen molar-refractivity contribution in [2.45, 2.75) is 24.9 Å². The monoisotopic (exact) mass is 581 g/mol. The van der Waals surface area contributed by atoms with Gasteiger partial charge in [0.05, 0.1) is 17.6 Å². The molecule has 7 nitrogen and oxygen atoms in total. The highest BCUT2D eigenvalue weighted by molar-refractivity contribution is 6.32. The van der Waals surface area contributed by atoms with Crippen molar-refractivity contribution in [2.24, 2.45) is 0 Å². The predicted molar refractivity (Wildman–Crippen MR) is 156 cm³/mol. The summed E-state index contributed by atoms with van der Waals surface area (Å²) in [5.41, 5.74) is 1.95. The maximum atomic E-state index is 13.9. The second kappa shape index (κ2) is 11.3. The van der Waals surface area contributed by atoms with E-state index in [1.807, 2.05) is 39.9 Å². The number of nitrogens with one attached hydrogen (secondary N) is 2. The first-order valence-electron chi connectivity index (χ1n) is 12.4. The van der Waals surface area contributed by atoms with Crippen LogP contribution in [0.1, 0.15) is 27.9 Å². The predicted octanol–water partition coefficient (Wildman–Crippen LogP) is 6.19. The van der Waals surface area contributed by atoms with Crippen LogP contribution in [0.3, 0.4) is 0 Å². The first kappa shape index (κ1) is 27.1. The number of carbonyl (C=O) groups is 2. The Morgan fingerprint density at radius 3 is 2.59 bits per heavy atom. The van der Waals surface area contributed by atoms with Crippen molar-refractivity contribution in [1.29, 1.82) is 0 Å². The Morgan fingerprint density at radius 2 is 1.82 bits per heavy atom. The van der Waals surface area contributed by atoms with Gasteiger partial charge in [0, 0.05) is 65.3 Å². The van der Waals surface area contributed by atoms with Gasteiger partial charge in [0.1, 0.15) is 0 Å². The van der Waals surface area contributed by atoms with Gasteiger partial charge in [-0.3, -0.25) is 9.59 Å². The molecule has 200 valence electrons. The number of fused-ring (bicyclic) bond motifs is 1. The summed E-state index contributed by atoms with van der Waals surface area (Å²) in [5, 5.41) is 7.51. The number of aryl methyl sites for hydroxylation is 1. The van der Waals surface area contributed by atoms with E-state index >= 15 is 0 Å². The zero-order valence-corrected chi connectivity index (χ0v) is 23.4. The van der Waals surface area contributed by atoms with E-state index in [0.717, 1.165) is 24.1 Å². The maximum Gasteiger partial charge on any atom is 0.255 e. The number of likely N-dealkylation sites (N-methyl/N-ethyl adjacent to an activating group) is 1. The second-order valence-corrected chi connectivity index (χ2v) is 10.8. The normalized spacial score (nSPS) is 16.1. The van der Waals surface area contributed by atoms with Crippen LogP contribution in [0.5, 0.6) is 0 Å². The number of hydrogen-bond donors (Lipinski definition) is 2. The lowest BCUT2D eigenvalue weighted by atomic mass is 9.82. The molecule has 1 atom stereocenters. The molecular weight excluding hydrogens is 557 g/mol. The fourth-order valence-electron chi connectivity index (χ4n) is 5.06. The average molecular weight is 583 g/mol. The van der Waals surface area contributed by atoms with Crippen molar-refractivity contribution in [2.75, 3.05) is 23.8 Å². The Kier molecular flexibility index (Phi) is 7.84. The smallest absolute Gasteiger partial charge is 0.255 e. The number of hydrogen-bond acceptors (Lipinski definition) is 4. The van der Waals surface area contributed by atoms with E-state index in [0.29, 0.717) is 45.0 Å². The molecule has 2 amide bonds. The van der Waals surface area contributed by atoms with Crippen molar-refractivity contribution in [3.8, 4) is 0 Å². The molecule has 4 aromatic rings. The molecule has 2 N–H and O–H groups in total. The van der Waals surface area contributed by atoms with Gasteiger partial charge in [-0.05, 0) is 54.4 Å². The Balaban J connectivity index is 1.51. The van der Waals surface area contributed by atoms with Crippen LogP contribution in [-0.4, -0.2) is 35.0 Å². The van der Waals surface area contributed by atoms with Crippen molar-refractivity contribution >= 4 is 58.0 Å². The first-order valence-corrected chi connectivity index (χ1v) is 13.5. The third kappa shape index (κ3) is 5.48. The van der Waals surface area contributed by atoms with E-state index in [1.165, 1.54) is 0 Å². The van der Waals surface area contributed by atoms with Crippen LogP contribution in [-0.2, 0) is 23.3 Å². The van der Waals surface area contributed by atoms with E-state index in [4.69, 9.17) is 34.8 Å². The zero-order chi connectivity index (χ0) is 27.6. The van der Waals surface area contributed by atoms with Crippen molar-refractivity contribution in [3.05, 3.63) is 111 Å². The minimum atomic E-state index is -1.20. The lowest BCUT2D eigenvalue weighted by Gasteiger charge is -2.40. The number of amides is 2. The molecular formula is C29H26Cl3N5O2. The summed E-state index contributed by atoms with van der Waals surface area (Å²) in [6.45, 7) is 1.20. The summed E-state index contributed by atoms with van der Waals surface area (Å²) in [5.74, 6) is -0.499. The van der Waals surface area contributed by atoms with Gasteiger partial charge in [0.2, 0.25) is 0 Å². The van der Waals surface area contributed by atoms with Gasteiger partial charge < -0.3 is 20.1 Å². The molecule has 1 aliphatic rings. The molecule has 0 spiro atoms. The number of benzene rings is 3. The van der Waals surface area contributed by atoms with Gasteiger partial charge in [-0.2, -0.15) is 0 Å². The minimum Gasteiger partial charge on any atom is -0.356 e. The molecule has 1 aromatic heterocycles. The summed E-state index contributed by atoms with van der Waals surface area (Å²) < 4.78 is 1.95. The number of imidazole rings is 1. The minimum absolute atomic E-state index is 0.242. The summed E-state index contributed by atoms with van der Waals surface area (Å²) in [7, 11) is 1.80. The number of carbonyl (C=O) groups excluding carboxylic acids is 2. The third-order valence-corrected chi connectivity index (χ3v) is 7.68. The quantitative estimate of drug-likeness (QED) is 0.231. The van der Waals surface area contributed by atoms with E-state index in [2.05, 4.69) is 15.6 Å². The SMILES string of the molecule is CN(c1cc(Cl)ccc1C(=O)NCCCn1ccnc1)C1(Cc2cccc(Cl)c2)C(=O)Nc2cc(Cl)ccc21. The Bertz CT molecular complexity index is 1530. The number of nitrogens with zero attached hydrogens (tertiary/aromatic N) is 3. The van der Waals surface area contributed by atoms with E-state index in [9.17, 15) is 9.59 Å². The lowest BCUT2D eigenvalue weighted by Crippen LogP contribution is -2.51. The highest BCUT2D eigenvalue weighted by atomic mass is 35.5. The Morgan fingerprint density at radius 1 is 1.05 bits per heavy atom. The largest absolute Gasteiger partial charge is 0.356 e.